The van der Waals surface area contributed by atoms with Crippen LogP contribution in [0.25, 0.3) is 0 Å². The van der Waals surface area contributed by atoms with Gasteiger partial charge in [-0.2, -0.15) is 0 Å². The lowest BCUT2D eigenvalue weighted by Crippen LogP contribution is -2.39. The second-order valence-corrected chi connectivity index (χ2v) is 7.49. The molecule has 24 heavy (non-hydrogen) atoms. The highest BCUT2D eigenvalue weighted by Crippen LogP contribution is 2.46. The number of carbonyl (C=O) groups is 1. The van der Waals surface area contributed by atoms with Crippen LogP contribution in [-0.4, -0.2) is 51.2 Å². The Labute approximate surface area is 141 Å². The van der Waals surface area contributed by atoms with Gasteiger partial charge in [0.2, 0.25) is 0 Å². The molecule has 1 aromatic rings. The van der Waals surface area contributed by atoms with E-state index in [1.54, 1.807) is 13.1 Å². The molecule has 2 aliphatic rings. The third-order valence-electron chi connectivity index (χ3n) is 5.24. The molecular weight excluding hydrogens is 308 g/mol. The highest BCUT2D eigenvalue weighted by molar-refractivity contribution is 5.66. The maximum atomic E-state index is 12.4. The molecule has 1 aromatic heterocycles. The third-order valence-corrected chi connectivity index (χ3v) is 5.24. The average molecular weight is 334 g/mol. The summed E-state index contributed by atoms with van der Waals surface area (Å²) in [6, 6.07) is 0.415. The number of rotatable bonds is 7. The number of aliphatic carboxylic acids is 1. The van der Waals surface area contributed by atoms with Crippen LogP contribution in [-0.2, 0) is 11.3 Å². The molecule has 1 aliphatic carbocycles. The predicted octanol–water partition coefficient (Wildman–Crippen LogP) is 1.31. The van der Waals surface area contributed by atoms with Crippen molar-refractivity contribution in [3.63, 3.8) is 0 Å². The fraction of sp³-hybridized carbons (Fsp3) is 0.706. The summed E-state index contributed by atoms with van der Waals surface area (Å²) in [5, 5.41) is 12.1. The standard InChI is InChI=1S/C17H26N4O3/c1-12-8-18-15(16(24)21(12)10-14(22)23)19-9-13-4-3-7-20(13)11-17(2)5-6-17/h8,13H,3-7,9-11H2,1-2H3,(H,18,19)(H,22,23). The molecule has 1 saturated carbocycles. The van der Waals surface area contributed by atoms with Crippen LogP contribution >= 0.6 is 0 Å². The van der Waals surface area contributed by atoms with Gasteiger partial charge < -0.3 is 10.4 Å². The summed E-state index contributed by atoms with van der Waals surface area (Å²) in [6.45, 7) is 6.61. The number of hydrogen-bond acceptors (Lipinski definition) is 5. The fourth-order valence-corrected chi connectivity index (χ4v) is 3.43. The minimum Gasteiger partial charge on any atom is -0.480 e. The average Bonchev–Trinajstić information content (AvgIpc) is 3.08. The first kappa shape index (κ1) is 17.0. The lowest BCUT2D eigenvalue weighted by atomic mass is 10.1. The van der Waals surface area contributed by atoms with Gasteiger partial charge in [-0.15, -0.1) is 0 Å². The van der Waals surface area contributed by atoms with E-state index in [0.717, 1.165) is 19.5 Å². The Bertz CT molecular complexity index is 681. The maximum Gasteiger partial charge on any atom is 0.323 e. The Kier molecular flexibility index (Phi) is 4.62. The molecule has 0 bridgehead atoms. The number of aryl methyl sites for hydroxylation is 1. The van der Waals surface area contributed by atoms with Gasteiger partial charge in [0.15, 0.2) is 5.82 Å². The van der Waals surface area contributed by atoms with Gasteiger partial charge in [0, 0.05) is 31.0 Å². The molecule has 0 radical (unpaired) electrons. The first-order valence-corrected chi connectivity index (χ1v) is 8.64. The molecule has 7 heteroatoms. The van der Waals surface area contributed by atoms with E-state index in [4.69, 9.17) is 5.11 Å². The van der Waals surface area contributed by atoms with E-state index in [-0.39, 0.29) is 17.9 Å². The van der Waals surface area contributed by atoms with Crippen molar-refractivity contribution in [1.82, 2.24) is 14.5 Å². The first-order chi connectivity index (χ1) is 11.4. The smallest absolute Gasteiger partial charge is 0.323 e. The molecule has 0 amide bonds. The van der Waals surface area contributed by atoms with Crippen molar-refractivity contribution in [2.24, 2.45) is 5.41 Å². The van der Waals surface area contributed by atoms with E-state index < -0.39 is 5.97 Å². The largest absolute Gasteiger partial charge is 0.480 e. The molecule has 0 aromatic carbocycles. The van der Waals surface area contributed by atoms with Crippen molar-refractivity contribution < 1.29 is 9.90 Å². The van der Waals surface area contributed by atoms with E-state index >= 15 is 0 Å². The number of likely N-dealkylation sites (tertiary alicyclic amines) is 1. The van der Waals surface area contributed by atoms with Gasteiger partial charge in [0.25, 0.3) is 5.56 Å². The van der Waals surface area contributed by atoms with Crippen LogP contribution in [0.2, 0.25) is 0 Å². The zero-order valence-corrected chi connectivity index (χ0v) is 14.4. The molecular formula is C17H26N4O3. The Hall–Kier alpha value is -1.89. The van der Waals surface area contributed by atoms with Gasteiger partial charge in [0.05, 0.1) is 0 Å². The van der Waals surface area contributed by atoms with E-state index in [1.165, 1.54) is 23.8 Å². The van der Waals surface area contributed by atoms with E-state index in [0.29, 0.717) is 23.7 Å². The van der Waals surface area contributed by atoms with Gasteiger partial charge in [-0.05, 0) is 44.6 Å². The van der Waals surface area contributed by atoms with Gasteiger partial charge in [-0.3, -0.25) is 19.1 Å². The normalized spacial score (nSPS) is 22.5. The summed E-state index contributed by atoms with van der Waals surface area (Å²) in [4.78, 5) is 30.0. The summed E-state index contributed by atoms with van der Waals surface area (Å²) < 4.78 is 1.25. The van der Waals surface area contributed by atoms with Gasteiger partial charge >= 0.3 is 5.97 Å². The molecule has 2 N–H and O–H groups in total. The van der Waals surface area contributed by atoms with Gasteiger partial charge in [0.1, 0.15) is 6.54 Å². The van der Waals surface area contributed by atoms with Crippen molar-refractivity contribution in [3.8, 4) is 0 Å². The maximum absolute atomic E-state index is 12.4. The molecule has 3 rings (SSSR count). The molecule has 7 nitrogen and oxygen atoms in total. The molecule has 1 aliphatic heterocycles. The number of aromatic nitrogens is 2. The Balaban J connectivity index is 1.65. The zero-order chi connectivity index (χ0) is 17.3. The van der Waals surface area contributed by atoms with Crippen LogP contribution in [0, 0.1) is 12.3 Å². The molecule has 0 spiro atoms. The minimum atomic E-state index is -1.03. The summed E-state index contributed by atoms with van der Waals surface area (Å²) in [7, 11) is 0. The van der Waals surface area contributed by atoms with Crippen molar-refractivity contribution in [2.45, 2.75) is 52.1 Å². The number of anilines is 1. The van der Waals surface area contributed by atoms with Gasteiger partial charge in [-0.1, -0.05) is 6.92 Å². The van der Waals surface area contributed by atoms with E-state index in [2.05, 4.69) is 22.1 Å². The van der Waals surface area contributed by atoms with Crippen LogP contribution in [0.5, 0.6) is 0 Å². The van der Waals surface area contributed by atoms with Crippen molar-refractivity contribution in [3.05, 3.63) is 22.2 Å². The molecule has 1 atom stereocenters. The van der Waals surface area contributed by atoms with Crippen LogP contribution < -0.4 is 10.9 Å². The van der Waals surface area contributed by atoms with Crippen molar-refractivity contribution >= 4 is 11.8 Å². The lowest BCUT2D eigenvalue weighted by molar-refractivity contribution is -0.137. The van der Waals surface area contributed by atoms with E-state index in [1.807, 2.05) is 0 Å². The second kappa shape index (κ2) is 6.55. The van der Waals surface area contributed by atoms with E-state index in [9.17, 15) is 9.59 Å². The summed E-state index contributed by atoms with van der Waals surface area (Å²) in [5.74, 6) is -0.789. The number of nitrogens with one attached hydrogen (secondary N) is 1. The molecule has 2 heterocycles. The summed E-state index contributed by atoms with van der Waals surface area (Å²) >= 11 is 0. The van der Waals surface area contributed by atoms with Crippen molar-refractivity contribution in [2.75, 3.05) is 25.0 Å². The zero-order valence-electron chi connectivity index (χ0n) is 14.4. The SMILES string of the molecule is Cc1cnc(NCC2CCCN2CC2(C)CC2)c(=O)n1CC(=O)O. The number of hydrogen-bond donors (Lipinski definition) is 2. The Morgan fingerprint density at radius 2 is 2.25 bits per heavy atom. The molecule has 132 valence electrons. The quantitative estimate of drug-likeness (QED) is 0.782. The lowest BCUT2D eigenvalue weighted by Gasteiger charge is -2.27. The Morgan fingerprint density at radius 1 is 1.50 bits per heavy atom. The van der Waals surface area contributed by atoms with Crippen LogP contribution in [0.1, 0.15) is 38.3 Å². The number of carboxylic acid groups (broad SMARTS) is 1. The number of nitrogens with zero attached hydrogens (tertiary/aromatic N) is 3. The fourth-order valence-electron chi connectivity index (χ4n) is 3.43. The van der Waals surface area contributed by atoms with Crippen LogP contribution in [0.4, 0.5) is 5.82 Å². The predicted molar refractivity (Wildman–Crippen MR) is 91.3 cm³/mol. The third kappa shape index (κ3) is 3.77. The minimum absolute atomic E-state index is 0.242. The topological polar surface area (TPSA) is 87.5 Å². The first-order valence-electron chi connectivity index (χ1n) is 8.64. The van der Waals surface area contributed by atoms with Crippen LogP contribution in [0.15, 0.2) is 11.0 Å². The van der Waals surface area contributed by atoms with Crippen LogP contribution in [0.3, 0.4) is 0 Å². The highest BCUT2D eigenvalue weighted by atomic mass is 16.4. The highest BCUT2D eigenvalue weighted by Gasteiger charge is 2.41. The Morgan fingerprint density at radius 3 is 2.92 bits per heavy atom. The molecule has 2 fully saturated rings. The van der Waals surface area contributed by atoms with Crippen molar-refractivity contribution in [1.29, 1.82) is 0 Å². The summed E-state index contributed by atoms with van der Waals surface area (Å²) in [5.41, 5.74) is 0.673. The monoisotopic (exact) mass is 334 g/mol. The molecule has 1 unspecified atom stereocenters. The summed E-state index contributed by atoms with van der Waals surface area (Å²) in [6.07, 6.45) is 6.47. The second-order valence-electron chi connectivity index (χ2n) is 7.49. The van der Waals surface area contributed by atoms with Gasteiger partial charge in [-0.25, -0.2) is 4.98 Å². The molecule has 1 saturated heterocycles. The number of carboxylic acids is 1.